The number of anilines is 1. The van der Waals surface area contributed by atoms with Crippen molar-refractivity contribution in [2.45, 2.75) is 31.7 Å². The highest BCUT2D eigenvalue weighted by Crippen LogP contribution is 2.44. The highest BCUT2D eigenvalue weighted by atomic mass is 35.5. The average Bonchev–Trinajstić information content (AvgIpc) is 3.28. The summed E-state index contributed by atoms with van der Waals surface area (Å²) < 4.78 is 0. The molecule has 0 aliphatic heterocycles. The van der Waals surface area contributed by atoms with Crippen LogP contribution < -0.4 is 10.6 Å². The topological polar surface area (TPSA) is 41.1 Å². The first-order chi connectivity index (χ1) is 9.24. The molecule has 2 aliphatic rings. The average molecular weight is 279 g/mol. The molecule has 1 amide bonds. The quantitative estimate of drug-likeness (QED) is 0.840. The van der Waals surface area contributed by atoms with Gasteiger partial charge in [0.1, 0.15) is 0 Å². The number of carbonyl (C=O) groups excluding carboxylic acids is 1. The van der Waals surface area contributed by atoms with E-state index in [4.69, 9.17) is 11.6 Å². The number of para-hydroxylation sites is 1. The summed E-state index contributed by atoms with van der Waals surface area (Å²) >= 11 is 6.04. The van der Waals surface area contributed by atoms with Crippen LogP contribution >= 0.6 is 11.6 Å². The van der Waals surface area contributed by atoms with Crippen LogP contribution in [-0.2, 0) is 4.79 Å². The number of nitrogens with one attached hydrogen (secondary N) is 2. The summed E-state index contributed by atoms with van der Waals surface area (Å²) in [4.78, 5) is 12.0. The normalized spacial score (nSPS) is 18.4. The summed E-state index contributed by atoms with van der Waals surface area (Å²) in [6.07, 6.45) is 5.11. The van der Waals surface area contributed by atoms with Crippen molar-refractivity contribution in [2.24, 2.45) is 11.8 Å². The predicted octanol–water partition coefficient (Wildman–Crippen LogP) is 3.06. The zero-order chi connectivity index (χ0) is 13.2. The van der Waals surface area contributed by atoms with Gasteiger partial charge in [-0.1, -0.05) is 23.7 Å². The molecule has 19 heavy (non-hydrogen) atoms. The Hall–Kier alpha value is -1.22. The number of carbonyl (C=O) groups is 1. The molecule has 4 heteroatoms. The molecule has 0 saturated heterocycles. The number of hydrogen-bond donors (Lipinski definition) is 2. The Morgan fingerprint density at radius 1 is 1.21 bits per heavy atom. The van der Waals surface area contributed by atoms with Crippen LogP contribution in [0.25, 0.3) is 0 Å². The summed E-state index contributed by atoms with van der Waals surface area (Å²) in [5.41, 5.74) is 0.814. The van der Waals surface area contributed by atoms with Gasteiger partial charge < -0.3 is 10.6 Å². The molecule has 1 aromatic rings. The zero-order valence-electron chi connectivity index (χ0n) is 10.9. The molecule has 0 atom stereocenters. The highest BCUT2D eigenvalue weighted by molar-refractivity contribution is 6.33. The van der Waals surface area contributed by atoms with Crippen molar-refractivity contribution in [1.29, 1.82) is 0 Å². The van der Waals surface area contributed by atoms with Gasteiger partial charge in [-0.15, -0.1) is 0 Å². The van der Waals surface area contributed by atoms with Crippen LogP contribution in [-0.4, -0.2) is 18.5 Å². The van der Waals surface area contributed by atoms with Gasteiger partial charge in [-0.05, 0) is 49.7 Å². The fourth-order valence-electron chi connectivity index (χ4n) is 2.55. The lowest BCUT2D eigenvalue weighted by Crippen LogP contribution is -2.41. The largest absolute Gasteiger partial charge is 0.375 e. The lowest BCUT2D eigenvalue weighted by Gasteiger charge is -2.18. The van der Waals surface area contributed by atoms with Gasteiger partial charge in [-0.3, -0.25) is 4.79 Å². The number of hydrogen-bond acceptors (Lipinski definition) is 2. The Morgan fingerprint density at radius 3 is 2.42 bits per heavy atom. The van der Waals surface area contributed by atoms with E-state index in [0.29, 0.717) is 17.6 Å². The maximum absolute atomic E-state index is 12.0. The summed E-state index contributed by atoms with van der Waals surface area (Å²) in [5.74, 6) is 1.54. The molecule has 3 rings (SSSR count). The molecule has 2 saturated carbocycles. The molecule has 0 heterocycles. The van der Waals surface area contributed by atoms with E-state index in [-0.39, 0.29) is 5.91 Å². The molecule has 2 N–H and O–H groups in total. The van der Waals surface area contributed by atoms with Gasteiger partial charge in [0, 0.05) is 6.04 Å². The van der Waals surface area contributed by atoms with E-state index in [2.05, 4.69) is 10.6 Å². The molecule has 0 radical (unpaired) electrons. The Kier molecular flexibility index (Phi) is 3.65. The minimum absolute atomic E-state index is 0.0729. The van der Waals surface area contributed by atoms with Crippen LogP contribution in [0.15, 0.2) is 24.3 Å². The Balaban J connectivity index is 1.49. The molecular weight excluding hydrogens is 260 g/mol. The molecule has 2 aliphatic carbocycles. The lowest BCUT2D eigenvalue weighted by molar-refractivity contribution is -0.120. The van der Waals surface area contributed by atoms with Crippen molar-refractivity contribution in [2.75, 3.05) is 11.9 Å². The van der Waals surface area contributed by atoms with E-state index in [1.54, 1.807) is 0 Å². The third-order valence-electron chi connectivity index (χ3n) is 3.90. The van der Waals surface area contributed by atoms with Gasteiger partial charge in [0.2, 0.25) is 5.91 Å². The fraction of sp³-hybridized carbons (Fsp3) is 0.533. The maximum Gasteiger partial charge on any atom is 0.239 e. The van der Waals surface area contributed by atoms with Gasteiger partial charge in [0.15, 0.2) is 0 Å². The molecule has 0 spiro atoms. The fourth-order valence-corrected chi connectivity index (χ4v) is 2.75. The van der Waals surface area contributed by atoms with E-state index in [1.807, 2.05) is 24.3 Å². The first-order valence-electron chi connectivity index (χ1n) is 7.02. The minimum atomic E-state index is 0.0729. The summed E-state index contributed by atoms with van der Waals surface area (Å²) in [5, 5.41) is 6.93. The lowest BCUT2D eigenvalue weighted by atomic mass is 10.1. The molecule has 2 fully saturated rings. The third-order valence-corrected chi connectivity index (χ3v) is 4.23. The third kappa shape index (κ3) is 3.41. The van der Waals surface area contributed by atoms with Gasteiger partial charge >= 0.3 is 0 Å². The van der Waals surface area contributed by atoms with Crippen LogP contribution in [0.4, 0.5) is 5.69 Å². The molecule has 0 aromatic heterocycles. The number of amides is 1. The first-order valence-corrected chi connectivity index (χ1v) is 7.39. The van der Waals surface area contributed by atoms with Gasteiger partial charge in [0.25, 0.3) is 0 Å². The van der Waals surface area contributed by atoms with E-state index >= 15 is 0 Å². The van der Waals surface area contributed by atoms with E-state index < -0.39 is 0 Å². The monoisotopic (exact) mass is 278 g/mol. The second-order valence-corrected chi connectivity index (χ2v) is 6.01. The van der Waals surface area contributed by atoms with Crippen molar-refractivity contribution in [1.82, 2.24) is 5.32 Å². The van der Waals surface area contributed by atoms with Crippen LogP contribution in [0.5, 0.6) is 0 Å². The standard InChI is InChI=1S/C15H19ClN2O/c16-12-3-1-2-4-13(12)17-9-14(19)18-15(10-5-6-10)11-7-8-11/h1-4,10-11,15,17H,5-9H2,(H,18,19). The number of rotatable bonds is 6. The minimum Gasteiger partial charge on any atom is -0.375 e. The van der Waals surface area contributed by atoms with Gasteiger partial charge in [0.05, 0.1) is 17.3 Å². The smallest absolute Gasteiger partial charge is 0.239 e. The molecule has 1 aromatic carbocycles. The van der Waals surface area contributed by atoms with Crippen LogP contribution in [0.3, 0.4) is 0 Å². The summed E-state index contributed by atoms with van der Waals surface area (Å²) in [6.45, 7) is 0.291. The van der Waals surface area contributed by atoms with E-state index in [9.17, 15) is 4.79 Å². The van der Waals surface area contributed by atoms with Crippen LogP contribution in [0.2, 0.25) is 5.02 Å². The molecule has 0 bridgehead atoms. The number of benzene rings is 1. The SMILES string of the molecule is O=C(CNc1ccccc1Cl)NC(C1CC1)C1CC1. The van der Waals surface area contributed by atoms with Gasteiger partial charge in [-0.25, -0.2) is 0 Å². The Bertz CT molecular complexity index is 457. The van der Waals surface area contributed by atoms with Crippen molar-refractivity contribution < 1.29 is 4.79 Å². The molecule has 102 valence electrons. The highest BCUT2D eigenvalue weighted by Gasteiger charge is 2.42. The molecular formula is C15H19ClN2O. The Morgan fingerprint density at radius 2 is 1.84 bits per heavy atom. The van der Waals surface area contributed by atoms with Crippen molar-refractivity contribution in [3.8, 4) is 0 Å². The van der Waals surface area contributed by atoms with Crippen molar-refractivity contribution >= 4 is 23.2 Å². The van der Waals surface area contributed by atoms with Crippen molar-refractivity contribution in [3.63, 3.8) is 0 Å². The molecule has 0 unspecified atom stereocenters. The summed E-state index contributed by atoms with van der Waals surface area (Å²) in [6, 6.07) is 7.90. The predicted molar refractivity (Wildman–Crippen MR) is 77.3 cm³/mol. The number of halogens is 1. The van der Waals surface area contributed by atoms with Gasteiger partial charge in [-0.2, -0.15) is 0 Å². The van der Waals surface area contributed by atoms with E-state index in [1.165, 1.54) is 25.7 Å². The van der Waals surface area contributed by atoms with Crippen LogP contribution in [0, 0.1) is 11.8 Å². The van der Waals surface area contributed by atoms with Crippen molar-refractivity contribution in [3.05, 3.63) is 29.3 Å². The molecule has 3 nitrogen and oxygen atoms in total. The maximum atomic E-state index is 12.0. The zero-order valence-corrected chi connectivity index (χ0v) is 11.6. The van der Waals surface area contributed by atoms with Crippen LogP contribution in [0.1, 0.15) is 25.7 Å². The Labute approximate surface area is 118 Å². The second kappa shape index (κ2) is 5.41. The summed E-state index contributed by atoms with van der Waals surface area (Å²) in [7, 11) is 0. The van der Waals surface area contributed by atoms with E-state index in [0.717, 1.165) is 17.5 Å². The second-order valence-electron chi connectivity index (χ2n) is 5.60. The first kappa shape index (κ1) is 12.8.